The smallest absolute Gasteiger partial charge is 0.142 e. The van der Waals surface area contributed by atoms with E-state index in [9.17, 15) is 0 Å². The van der Waals surface area contributed by atoms with Gasteiger partial charge in [0.1, 0.15) is 11.5 Å². The molecule has 0 heterocycles. The van der Waals surface area contributed by atoms with E-state index in [1.165, 1.54) is 64.6 Å². The molecular formula is C74H58N4O2. The average molecular weight is 1040 g/mol. The number of anilines is 8. The molecule has 0 atom stereocenters. The highest BCUT2D eigenvalue weighted by molar-refractivity contribution is 6.16. The predicted octanol–water partition coefficient (Wildman–Crippen LogP) is 20.9. The zero-order chi connectivity index (χ0) is 53.2. The molecule has 80 heavy (non-hydrogen) atoms. The fourth-order valence-corrected chi connectivity index (χ4v) is 11.7. The summed E-state index contributed by atoms with van der Waals surface area (Å²) in [4.78, 5) is 0. The van der Waals surface area contributed by atoms with Gasteiger partial charge in [0.05, 0.1) is 47.3 Å². The van der Waals surface area contributed by atoms with Crippen molar-refractivity contribution in [2.75, 3.05) is 34.5 Å². The molecule has 0 amide bonds. The Labute approximate surface area is 465 Å². The number of fused-ring (bicyclic) bond motifs is 8. The lowest BCUT2D eigenvalue weighted by Gasteiger charge is -2.20. The summed E-state index contributed by atoms with van der Waals surface area (Å²) in [5.41, 5.74) is 8.04. The molecule has 0 saturated carbocycles. The zero-order valence-corrected chi connectivity index (χ0v) is 44.3. The number of hydrogen-bond acceptors (Lipinski definition) is 6. The third kappa shape index (κ3) is 9.51. The number of unbranched alkanes of at least 4 members (excludes halogenated alkanes) is 3. The molecule has 0 spiro atoms. The molecule has 0 saturated heterocycles. The second-order valence-electron chi connectivity index (χ2n) is 20.8. The maximum Gasteiger partial charge on any atom is 0.142 e. The number of rotatable bonds is 17. The second kappa shape index (κ2) is 21.4. The van der Waals surface area contributed by atoms with Crippen LogP contribution in [0.1, 0.15) is 25.7 Å². The van der Waals surface area contributed by atoms with Crippen molar-refractivity contribution in [2.45, 2.75) is 25.7 Å². The first-order valence-electron chi connectivity index (χ1n) is 27.9. The first kappa shape index (κ1) is 48.3. The van der Waals surface area contributed by atoms with Crippen LogP contribution < -0.4 is 30.7 Å². The van der Waals surface area contributed by atoms with E-state index in [0.29, 0.717) is 13.2 Å². The Balaban J connectivity index is 0.704. The largest absolute Gasteiger partial charge is 0.491 e. The lowest BCUT2D eigenvalue weighted by atomic mass is 10.0. The molecule has 0 aliphatic carbocycles. The van der Waals surface area contributed by atoms with E-state index in [-0.39, 0.29) is 0 Å². The summed E-state index contributed by atoms with van der Waals surface area (Å²) in [6.45, 7) is 1.17. The molecule has 14 rings (SSSR count). The third-order valence-electron chi connectivity index (χ3n) is 15.7. The van der Waals surface area contributed by atoms with Crippen LogP contribution in [0.4, 0.5) is 45.5 Å². The van der Waals surface area contributed by atoms with Crippen LogP contribution in [-0.4, -0.2) is 13.2 Å². The monoisotopic (exact) mass is 1030 g/mol. The number of nitrogens with one attached hydrogen (secondary N) is 4. The van der Waals surface area contributed by atoms with Crippen LogP contribution in [-0.2, 0) is 0 Å². The van der Waals surface area contributed by atoms with Gasteiger partial charge in [-0.1, -0.05) is 194 Å². The van der Waals surface area contributed by atoms with Gasteiger partial charge in [-0.3, -0.25) is 0 Å². The maximum absolute atomic E-state index is 6.75. The van der Waals surface area contributed by atoms with Crippen LogP contribution in [0.5, 0.6) is 11.5 Å². The molecule has 0 radical (unpaired) electrons. The molecule has 6 heteroatoms. The minimum absolute atomic E-state index is 0.583. The van der Waals surface area contributed by atoms with Crippen LogP contribution in [0.15, 0.2) is 255 Å². The van der Waals surface area contributed by atoms with Crippen LogP contribution in [0, 0.1) is 0 Å². The molecule has 6 nitrogen and oxygen atoms in total. The summed E-state index contributed by atoms with van der Waals surface area (Å²) in [6, 6.07) is 90.8. The van der Waals surface area contributed by atoms with Gasteiger partial charge in [-0.25, -0.2) is 0 Å². The first-order chi connectivity index (χ1) is 39.6. The standard InChI is InChI=1S/C74H58N4O2/c1(19-41-79-69-39-37-57(75-71-59-29-11-3-21-49(59)43-50-22-4-12-30-60(50)71)47-67(69)77-73-63-33-15-7-25-53(63)45-54-26-8-16-34-64(54)73)2-20-42-80-70-40-38-58(76-72-61-31-13-5-23-51(61)44-52-24-6-14-32-62(52)72)48-68(70)78-74-65-35-17-9-27-55(65)46-56-28-10-18-36-66(56)74/h3-18,21-40,43-48,75-78H,1-2,19-20,41-42H2. The fourth-order valence-electron chi connectivity index (χ4n) is 11.7. The highest BCUT2D eigenvalue weighted by atomic mass is 16.5. The van der Waals surface area contributed by atoms with Gasteiger partial charge in [-0.15, -0.1) is 0 Å². The van der Waals surface area contributed by atoms with Gasteiger partial charge in [0.2, 0.25) is 0 Å². The number of benzene rings is 14. The molecule has 4 N–H and O–H groups in total. The Hall–Kier alpha value is -10.0. The molecular weight excluding hydrogens is 977 g/mol. The van der Waals surface area contributed by atoms with Gasteiger partial charge in [0.15, 0.2) is 0 Å². The summed E-state index contributed by atoms with van der Waals surface area (Å²) in [5, 5.41) is 34.4. The molecule has 0 fully saturated rings. The molecule has 0 aliphatic heterocycles. The highest BCUT2D eigenvalue weighted by Crippen LogP contribution is 2.43. The van der Waals surface area contributed by atoms with Crippen molar-refractivity contribution in [3.63, 3.8) is 0 Å². The van der Waals surface area contributed by atoms with Crippen molar-refractivity contribution < 1.29 is 9.47 Å². The van der Waals surface area contributed by atoms with Crippen LogP contribution in [0.2, 0.25) is 0 Å². The van der Waals surface area contributed by atoms with Crippen LogP contribution in [0.3, 0.4) is 0 Å². The Morgan fingerprint density at radius 1 is 0.225 bits per heavy atom. The van der Waals surface area contributed by atoms with Gasteiger partial charge >= 0.3 is 0 Å². The lowest BCUT2D eigenvalue weighted by molar-refractivity contribution is 0.289. The SMILES string of the molecule is c1ccc2c(Nc3ccc(OCCCCCCOc4ccc(Nc5c6ccccc6cc6ccccc56)cc4Nc4c5ccccc5cc5ccccc45)c(Nc4c5ccccc5cc5ccccc45)c3)c3ccccc3cc2c1. The summed E-state index contributed by atoms with van der Waals surface area (Å²) in [6.07, 6.45) is 3.82. The minimum atomic E-state index is 0.583. The summed E-state index contributed by atoms with van der Waals surface area (Å²) in [7, 11) is 0. The van der Waals surface area contributed by atoms with Gasteiger partial charge in [0.25, 0.3) is 0 Å². The van der Waals surface area contributed by atoms with Crippen molar-refractivity contribution in [1.29, 1.82) is 0 Å². The summed E-state index contributed by atoms with van der Waals surface area (Å²) in [5.74, 6) is 1.62. The number of ether oxygens (including phenoxy) is 2. The average Bonchev–Trinajstić information content (AvgIpc) is 3.54. The van der Waals surface area contributed by atoms with Crippen LogP contribution >= 0.6 is 0 Å². The van der Waals surface area contributed by atoms with Gasteiger partial charge < -0.3 is 30.7 Å². The van der Waals surface area contributed by atoms with Crippen molar-refractivity contribution in [3.8, 4) is 11.5 Å². The summed E-state index contributed by atoms with van der Waals surface area (Å²) < 4.78 is 13.5. The molecule has 0 bridgehead atoms. The van der Waals surface area contributed by atoms with Crippen molar-refractivity contribution in [1.82, 2.24) is 0 Å². The normalized spacial score (nSPS) is 11.6. The van der Waals surface area contributed by atoms with E-state index in [2.05, 4.69) is 276 Å². The lowest BCUT2D eigenvalue weighted by Crippen LogP contribution is -2.04. The fraction of sp³-hybridized carbons (Fsp3) is 0.0811. The highest BCUT2D eigenvalue weighted by Gasteiger charge is 2.17. The topological polar surface area (TPSA) is 66.6 Å². The van der Waals surface area contributed by atoms with Crippen molar-refractivity contribution in [3.05, 3.63) is 255 Å². The Morgan fingerprint density at radius 2 is 0.463 bits per heavy atom. The number of hydrogen-bond donors (Lipinski definition) is 4. The third-order valence-corrected chi connectivity index (χ3v) is 15.7. The van der Waals surface area contributed by atoms with E-state index < -0.39 is 0 Å². The molecule has 0 aromatic heterocycles. The van der Waals surface area contributed by atoms with Gasteiger partial charge in [-0.05, 0) is 129 Å². The second-order valence-corrected chi connectivity index (χ2v) is 20.8. The van der Waals surface area contributed by atoms with E-state index in [1.807, 2.05) is 0 Å². The van der Waals surface area contributed by atoms with E-state index in [1.54, 1.807) is 0 Å². The van der Waals surface area contributed by atoms with Crippen molar-refractivity contribution >= 4 is 132 Å². The Morgan fingerprint density at radius 3 is 0.725 bits per heavy atom. The predicted molar refractivity (Wildman–Crippen MR) is 341 cm³/mol. The molecule has 14 aromatic rings. The van der Waals surface area contributed by atoms with E-state index in [0.717, 1.165) is 104 Å². The zero-order valence-electron chi connectivity index (χ0n) is 44.3. The van der Waals surface area contributed by atoms with E-state index in [4.69, 9.17) is 9.47 Å². The van der Waals surface area contributed by atoms with Crippen molar-refractivity contribution in [2.24, 2.45) is 0 Å². The quantitative estimate of drug-likeness (QED) is 0.0538. The maximum atomic E-state index is 6.75. The van der Waals surface area contributed by atoms with Crippen LogP contribution in [0.25, 0.3) is 86.2 Å². The van der Waals surface area contributed by atoms with E-state index >= 15 is 0 Å². The van der Waals surface area contributed by atoms with Gasteiger partial charge in [-0.2, -0.15) is 0 Å². The molecule has 386 valence electrons. The molecule has 0 unspecified atom stereocenters. The van der Waals surface area contributed by atoms with Gasteiger partial charge in [0, 0.05) is 54.5 Å². The Bertz CT molecular complexity index is 4130. The molecule has 14 aromatic carbocycles. The molecule has 0 aliphatic rings. The Kier molecular flexibility index (Phi) is 12.9. The minimum Gasteiger partial charge on any atom is -0.491 e. The summed E-state index contributed by atoms with van der Waals surface area (Å²) >= 11 is 0. The first-order valence-corrected chi connectivity index (χ1v) is 27.9.